The maximum atomic E-state index is 13.2. The third-order valence-electron chi connectivity index (χ3n) is 6.32. The number of rotatable bonds is 6. The molecule has 0 atom stereocenters. The van der Waals surface area contributed by atoms with Crippen molar-refractivity contribution in [3.8, 4) is 11.4 Å². The topological polar surface area (TPSA) is 87.7 Å². The van der Waals surface area contributed by atoms with Crippen LogP contribution in [0.2, 0.25) is 0 Å². The fourth-order valence-electron chi connectivity index (χ4n) is 4.51. The van der Waals surface area contributed by atoms with Crippen LogP contribution in [-0.2, 0) is 20.8 Å². The van der Waals surface area contributed by atoms with E-state index in [2.05, 4.69) is 37.4 Å². The number of benzene rings is 2. The Balaban J connectivity index is 1.39. The normalized spacial score (nSPS) is 16.4. The zero-order valence-corrected chi connectivity index (χ0v) is 20.6. The van der Waals surface area contributed by atoms with Crippen LogP contribution >= 0.6 is 12.2 Å². The van der Waals surface area contributed by atoms with Crippen molar-refractivity contribution in [3.05, 3.63) is 52.8 Å². The zero-order chi connectivity index (χ0) is 24.2. The van der Waals surface area contributed by atoms with Crippen molar-refractivity contribution in [1.82, 2.24) is 14.8 Å². The van der Waals surface area contributed by atoms with Gasteiger partial charge in [-0.05, 0) is 43.4 Å². The minimum atomic E-state index is -0.162. The number of ether oxygens (including phenoxy) is 2. The van der Waals surface area contributed by atoms with Crippen LogP contribution in [0.3, 0.4) is 0 Å². The molecule has 0 radical (unpaired) electrons. The predicted octanol–water partition coefficient (Wildman–Crippen LogP) is 3.23. The predicted molar refractivity (Wildman–Crippen MR) is 139 cm³/mol. The van der Waals surface area contributed by atoms with Crippen LogP contribution in [0, 0.1) is 11.7 Å². The second-order valence-corrected chi connectivity index (χ2v) is 9.14. The van der Waals surface area contributed by atoms with Crippen LogP contribution in [0.4, 0.5) is 17.1 Å². The van der Waals surface area contributed by atoms with Gasteiger partial charge in [0.25, 0.3) is 0 Å². The maximum Gasteiger partial charge on any atom is 0.244 e. The average Bonchev–Trinajstić information content (AvgIpc) is 3.25. The van der Waals surface area contributed by atoms with E-state index in [1.165, 1.54) is 0 Å². The van der Waals surface area contributed by atoms with Crippen molar-refractivity contribution in [3.63, 3.8) is 0 Å². The first-order valence-corrected chi connectivity index (χ1v) is 12.3. The number of nitrogens with one attached hydrogen (secondary N) is 2. The molecular weight excluding hydrogens is 464 g/mol. The summed E-state index contributed by atoms with van der Waals surface area (Å²) in [6, 6.07) is 14.2. The number of nitrogens with zero attached hydrogens (tertiary/aromatic N) is 4. The molecule has 2 aliphatic heterocycles. The van der Waals surface area contributed by atoms with Gasteiger partial charge in [0, 0.05) is 37.4 Å². The van der Waals surface area contributed by atoms with Gasteiger partial charge in [-0.25, -0.2) is 0 Å². The fraction of sp³-hybridized carbons (Fsp3) is 0.400. The standard InChI is InChI=1S/C25H30N6O3S/c1-18-3-2-4-19(15-18)24-27-28-25(35)31(24)17-23(32)26-21-6-5-20(29-7-11-33-12-8-29)16-22(21)30-9-13-34-14-10-30/h2-6,15-16H,7-14,17H2,1H3,(H,26,32)(H,28,35). The van der Waals surface area contributed by atoms with E-state index in [0.717, 1.165) is 67.6 Å². The van der Waals surface area contributed by atoms with Gasteiger partial charge in [-0.3, -0.25) is 14.5 Å². The van der Waals surface area contributed by atoms with Gasteiger partial charge in [-0.15, -0.1) is 0 Å². The highest BCUT2D eigenvalue weighted by atomic mass is 32.1. The van der Waals surface area contributed by atoms with Gasteiger partial charge in [0.15, 0.2) is 10.6 Å². The summed E-state index contributed by atoms with van der Waals surface area (Å²) in [6.45, 7) is 8.13. The molecule has 2 aliphatic rings. The van der Waals surface area contributed by atoms with Crippen LogP contribution in [0.5, 0.6) is 0 Å². The molecule has 3 aromatic rings. The van der Waals surface area contributed by atoms with Crippen molar-refractivity contribution < 1.29 is 14.3 Å². The first-order chi connectivity index (χ1) is 17.1. The van der Waals surface area contributed by atoms with Crippen molar-refractivity contribution in [2.45, 2.75) is 13.5 Å². The molecule has 184 valence electrons. The van der Waals surface area contributed by atoms with E-state index < -0.39 is 0 Å². The molecule has 0 aliphatic carbocycles. The summed E-state index contributed by atoms with van der Waals surface area (Å²) in [4.78, 5) is 17.8. The molecule has 0 bridgehead atoms. The van der Waals surface area contributed by atoms with Gasteiger partial charge in [-0.2, -0.15) is 5.10 Å². The van der Waals surface area contributed by atoms with Crippen LogP contribution < -0.4 is 15.1 Å². The molecule has 5 rings (SSSR count). The summed E-state index contributed by atoms with van der Waals surface area (Å²) in [5.74, 6) is 0.481. The average molecular weight is 495 g/mol. The molecule has 35 heavy (non-hydrogen) atoms. The molecule has 10 heteroatoms. The van der Waals surface area contributed by atoms with Crippen molar-refractivity contribution >= 4 is 35.2 Å². The minimum absolute atomic E-state index is 0.0619. The highest BCUT2D eigenvalue weighted by Crippen LogP contribution is 2.32. The second kappa shape index (κ2) is 10.6. The van der Waals surface area contributed by atoms with Crippen LogP contribution in [0.1, 0.15) is 5.56 Å². The number of anilines is 3. The Kier molecular flexibility index (Phi) is 7.12. The van der Waals surface area contributed by atoms with Crippen molar-refractivity contribution in [1.29, 1.82) is 0 Å². The van der Waals surface area contributed by atoms with Crippen molar-refractivity contribution in [2.75, 3.05) is 67.7 Å². The smallest absolute Gasteiger partial charge is 0.244 e. The monoisotopic (exact) mass is 494 g/mol. The number of aryl methyl sites for hydroxylation is 1. The lowest BCUT2D eigenvalue weighted by molar-refractivity contribution is -0.116. The first-order valence-electron chi connectivity index (χ1n) is 11.9. The Morgan fingerprint density at radius 3 is 2.46 bits per heavy atom. The quantitative estimate of drug-likeness (QED) is 0.509. The molecule has 9 nitrogen and oxygen atoms in total. The van der Waals surface area contributed by atoms with E-state index in [1.807, 2.05) is 37.3 Å². The summed E-state index contributed by atoms with van der Waals surface area (Å²) >= 11 is 5.43. The fourth-order valence-corrected chi connectivity index (χ4v) is 4.71. The molecule has 2 N–H and O–H groups in total. The number of aromatic nitrogens is 3. The van der Waals surface area contributed by atoms with Crippen LogP contribution in [0.15, 0.2) is 42.5 Å². The van der Waals surface area contributed by atoms with E-state index in [9.17, 15) is 4.79 Å². The van der Waals surface area contributed by atoms with E-state index in [1.54, 1.807) is 4.57 Å². The van der Waals surface area contributed by atoms with Gasteiger partial charge >= 0.3 is 0 Å². The highest BCUT2D eigenvalue weighted by Gasteiger charge is 2.20. The summed E-state index contributed by atoms with van der Waals surface area (Å²) in [7, 11) is 0. The first kappa shape index (κ1) is 23.5. The maximum absolute atomic E-state index is 13.2. The number of hydrogen-bond donors (Lipinski definition) is 2. The van der Waals surface area contributed by atoms with Gasteiger partial charge in [0.1, 0.15) is 6.54 Å². The number of aromatic amines is 1. The van der Waals surface area contributed by atoms with Gasteiger partial charge in [-0.1, -0.05) is 23.8 Å². The number of morpholine rings is 2. The molecule has 3 heterocycles. The number of carbonyl (C=O) groups is 1. The molecule has 0 saturated carbocycles. The van der Waals surface area contributed by atoms with Gasteiger partial charge in [0.05, 0.1) is 37.8 Å². The van der Waals surface area contributed by atoms with E-state index in [-0.39, 0.29) is 12.5 Å². The zero-order valence-electron chi connectivity index (χ0n) is 19.8. The molecule has 0 spiro atoms. The van der Waals surface area contributed by atoms with Gasteiger partial charge < -0.3 is 24.6 Å². The molecule has 2 saturated heterocycles. The summed E-state index contributed by atoms with van der Waals surface area (Å²) in [6.07, 6.45) is 0. The Morgan fingerprint density at radius 2 is 1.74 bits per heavy atom. The highest BCUT2D eigenvalue weighted by molar-refractivity contribution is 7.71. The minimum Gasteiger partial charge on any atom is -0.378 e. The number of amides is 1. The van der Waals surface area contributed by atoms with E-state index in [0.29, 0.717) is 23.8 Å². The van der Waals surface area contributed by atoms with Crippen LogP contribution in [-0.4, -0.2) is 73.3 Å². The lowest BCUT2D eigenvalue weighted by atomic mass is 10.1. The van der Waals surface area contributed by atoms with Crippen molar-refractivity contribution in [2.24, 2.45) is 0 Å². The third kappa shape index (κ3) is 5.39. The number of H-pyrrole nitrogens is 1. The molecule has 2 fully saturated rings. The molecule has 2 aromatic carbocycles. The summed E-state index contributed by atoms with van der Waals surface area (Å²) in [5.41, 5.74) is 4.94. The van der Waals surface area contributed by atoms with Gasteiger partial charge in [0.2, 0.25) is 5.91 Å². The Hall–Kier alpha value is -3.21. The molecular formula is C25H30N6O3S. The summed E-state index contributed by atoms with van der Waals surface area (Å²) in [5, 5.41) is 10.3. The number of hydrogen-bond acceptors (Lipinski definition) is 7. The van der Waals surface area contributed by atoms with E-state index in [4.69, 9.17) is 21.7 Å². The molecule has 1 aromatic heterocycles. The largest absolute Gasteiger partial charge is 0.378 e. The Labute approximate surface area is 209 Å². The molecule has 1 amide bonds. The van der Waals surface area contributed by atoms with E-state index >= 15 is 0 Å². The Bertz CT molecular complexity index is 1240. The lowest BCUT2D eigenvalue weighted by Crippen LogP contribution is -2.38. The summed E-state index contributed by atoms with van der Waals surface area (Å²) < 4.78 is 13.2. The lowest BCUT2D eigenvalue weighted by Gasteiger charge is -2.33. The Morgan fingerprint density at radius 1 is 1.03 bits per heavy atom. The second-order valence-electron chi connectivity index (χ2n) is 8.76. The van der Waals surface area contributed by atoms with Crippen LogP contribution in [0.25, 0.3) is 11.4 Å². The number of carbonyl (C=O) groups excluding carboxylic acids is 1. The third-order valence-corrected chi connectivity index (χ3v) is 6.63. The molecule has 0 unspecified atom stereocenters. The SMILES string of the molecule is Cc1cccc(-c2n[nH]c(=S)n2CC(=O)Nc2ccc(N3CCOCC3)cc2N2CCOCC2)c1.